The number of ether oxygens (including phenoxy) is 1. The number of hydrogen-bond donors (Lipinski definition) is 3. The summed E-state index contributed by atoms with van der Waals surface area (Å²) in [5.74, 6) is 0.540. The Hall–Kier alpha value is -2.34. The van der Waals surface area contributed by atoms with Crippen LogP contribution in [-0.4, -0.2) is 12.2 Å². The van der Waals surface area contributed by atoms with Gasteiger partial charge in [-0.05, 0) is 54.2 Å². The predicted molar refractivity (Wildman–Crippen MR) is 85.6 cm³/mol. The average Bonchev–Trinajstić information content (AvgIpc) is 2.53. The lowest BCUT2D eigenvalue weighted by molar-refractivity contribution is 0.414. The van der Waals surface area contributed by atoms with Crippen molar-refractivity contribution in [1.29, 1.82) is 0 Å². The highest BCUT2D eigenvalue weighted by Gasteiger charge is 1.98. The van der Waals surface area contributed by atoms with Gasteiger partial charge in [0.05, 0.1) is 12.8 Å². The summed E-state index contributed by atoms with van der Waals surface area (Å²) in [4.78, 5) is 0. The molecular weight excluding hydrogens is 289 g/mol. The maximum atomic E-state index is 12.8. The van der Waals surface area contributed by atoms with Gasteiger partial charge in [-0.25, -0.2) is 4.39 Å². The third kappa shape index (κ3) is 4.92. The summed E-state index contributed by atoms with van der Waals surface area (Å²) in [6.07, 6.45) is 0. The minimum Gasteiger partial charge on any atom is -0.497 e. The van der Waals surface area contributed by atoms with E-state index in [2.05, 4.69) is 16.2 Å². The first-order valence-corrected chi connectivity index (χ1v) is 6.76. The molecule has 4 nitrogen and oxygen atoms in total. The molecule has 2 rings (SSSR count). The highest BCUT2D eigenvalue weighted by molar-refractivity contribution is 7.80. The third-order valence-electron chi connectivity index (χ3n) is 2.78. The average molecular weight is 305 g/mol. The minimum absolute atomic E-state index is 0.277. The van der Waals surface area contributed by atoms with Crippen LogP contribution in [0.25, 0.3) is 0 Å². The smallest absolute Gasteiger partial charge is 0.185 e. The van der Waals surface area contributed by atoms with E-state index >= 15 is 0 Å². The highest BCUT2D eigenvalue weighted by atomic mass is 32.1. The van der Waals surface area contributed by atoms with Crippen LogP contribution in [0.2, 0.25) is 0 Å². The van der Waals surface area contributed by atoms with E-state index < -0.39 is 0 Å². The molecule has 0 aliphatic heterocycles. The minimum atomic E-state index is -0.277. The maximum Gasteiger partial charge on any atom is 0.185 e. The number of rotatable bonds is 5. The zero-order valence-electron chi connectivity index (χ0n) is 11.5. The molecule has 0 saturated heterocycles. The Bertz CT molecular complexity index is 587. The summed E-state index contributed by atoms with van der Waals surface area (Å²) >= 11 is 5.14. The molecule has 0 aliphatic carbocycles. The Labute approximate surface area is 128 Å². The van der Waals surface area contributed by atoms with Crippen LogP contribution in [0.5, 0.6) is 5.75 Å². The van der Waals surface area contributed by atoms with Crippen LogP contribution in [0.1, 0.15) is 5.56 Å². The van der Waals surface area contributed by atoms with Crippen molar-refractivity contribution in [2.45, 2.75) is 6.54 Å². The van der Waals surface area contributed by atoms with Crippen molar-refractivity contribution in [3.8, 4) is 5.75 Å². The van der Waals surface area contributed by atoms with E-state index in [0.717, 1.165) is 17.0 Å². The van der Waals surface area contributed by atoms with Crippen molar-refractivity contribution in [3.63, 3.8) is 0 Å². The second-order valence-corrected chi connectivity index (χ2v) is 4.70. The molecule has 0 atom stereocenters. The topological polar surface area (TPSA) is 45.3 Å². The molecule has 21 heavy (non-hydrogen) atoms. The Morgan fingerprint density at radius 1 is 1.10 bits per heavy atom. The van der Waals surface area contributed by atoms with Crippen LogP contribution < -0.4 is 20.9 Å². The second-order valence-electron chi connectivity index (χ2n) is 4.29. The van der Waals surface area contributed by atoms with Crippen LogP contribution >= 0.6 is 12.2 Å². The summed E-state index contributed by atoms with van der Waals surface area (Å²) < 4.78 is 17.8. The van der Waals surface area contributed by atoms with Crippen molar-refractivity contribution in [2.75, 3.05) is 12.5 Å². The van der Waals surface area contributed by atoms with Crippen LogP contribution in [0.3, 0.4) is 0 Å². The Balaban J connectivity index is 1.75. The SMILES string of the molecule is COc1ccc(CNC(=S)NNc2ccc(F)cc2)cc1. The van der Waals surface area contributed by atoms with E-state index in [-0.39, 0.29) is 5.82 Å². The summed E-state index contributed by atoms with van der Waals surface area (Å²) in [5.41, 5.74) is 7.53. The molecule has 0 amide bonds. The third-order valence-corrected chi connectivity index (χ3v) is 3.02. The van der Waals surface area contributed by atoms with Crippen LogP contribution in [-0.2, 0) is 6.54 Å². The van der Waals surface area contributed by atoms with Gasteiger partial charge in [0, 0.05) is 6.54 Å². The molecule has 2 aromatic rings. The number of hydrogen-bond acceptors (Lipinski definition) is 3. The molecule has 0 bridgehead atoms. The van der Waals surface area contributed by atoms with Gasteiger partial charge >= 0.3 is 0 Å². The number of anilines is 1. The number of thiocarbonyl (C=S) groups is 1. The predicted octanol–water partition coefficient (Wildman–Crippen LogP) is 2.83. The number of nitrogens with one attached hydrogen (secondary N) is 3. The van der Waals surface area contributed by atoms with Gasteiger partial charge in [0.2, 0.25) is 0 Å². The normalized spacial score (nSPS) is 9.81. The fourth-order valence-corrected chi connectivity index (χ4v) is 1.76. The standard InChI is InChI=1S/C15H16FN3OS/c1-20-14-8-2-11(3-9-14)10-17-15(21)19-18-13-6-4-12(16)5-7-13/h2-9,18H,10H2,1H3,(H2,17,19,21). The second kappa shape index (κ2) is 7.44. The van der Waals surface area contributed by atoms with E-state index in [0.29, 0.717) is 11.7 Å². The Morgan fingerprint density at radius 3 is 2.38 bits per heavy atom. The van der Waals surface area contributed by atoms with E-state index in [1.807, 2.05) is 24.3 Å². The number of halogens is 1. The lowest BCUT2D eigenvalue weighted by atomic mass is 10.2. The number of benzene rings is 2. The first-order chi connectivity index (χ1) is 10.2. The fourth-order valence-electron chi connectivity index (χ4n) is 1.63. The molecule has 2 aromatic carbocycles. The number of methoxy groups -OCH3 is 1. The molecule has 0 fully saturated rings. The van der Waals surface area contributed by atoms with Crippen molar-refractivity contribution in [3.05, 3.63) is 59.9 Å². The molecule has 0 saturated carbocycles. The zero-order chi connectivity index (χ0) is 15.1. The van der Waals surface area contributed by atoms with Crippen molar-refractivity contribution < 1.29 is 9.13 Å². The quantitative estimate of drug-likeness (QED) is 0.586. The van der Waals surface area contributed by atoms with Gasteiger partial charge in [0.25, 0.3) is 0 Å². The van der Waals surface area contributed by atoms with Gasteiger partial charge in [0.15, 0.2) is 5.11 Å². The first kappa shape index (κ1) is 15.1. The van der Waals surface area contributed by atoms with E-state index in [9.17, 15) is 4.39 Å². The van der Waals surface area contributed by atoms with Crippen LogP contribution in [0, 0.1) is 5.82 Å². The summed E-state index contributed by atoms with van der Waals surface area (Å²) in [6.45, 7) is 0.598. The summed E-state index contributed by atoms with van der Waals surface area (Å²) in [7, 11) is 1.63. The van der Waals surface area contributed by atoms with E-state index in [1.54, 1.807) is 19.2 Å². The molecule has 110 valence electrons. The van der Waals surface area contributed by atoms with Crippen LogP contribution in [0.15, 0.2) is 48.5 Å². The molecule has 0 radical (unpaired) electrons. The van der Waals surface area contributed by atoms with Crippen LogP contribution in [0.4, 0.5) is 10.1 Å². The lowest BCUT2D eigenvalue weighted by Gasteiger charge is -2.12. The molecule has 0 spiro atoms. The van der Waals surface area contributed by atoms with Gasteiger partial charge in [-0.15, -0.1) is 0 Å². The Kier molecular flexibility index (Phi) is 5.34. The largest absolute Gasteiger partial charge is 0.497 e. The lowest BCUT2D eigenvalue weighted by Crippen LogP contribution is -2.38. The van der Waals surface area contributed by atoms with Gasteiger partial charge in [-0.3, -0.25) is 10.9 Å². The molecule has 3 N–H and O–H groups in total. The van der Waals surface area contributed by atoms with Gasteiger partial charge in [-0.2, -0.15) is 0 Å². The summed E-state index contributed by atoms with van der Waals surface area (Å²) in [6, 6.07) is 13.7. The van der Waals surface area contributed by atoms with Gasteiger partial charge in [-0.1, -0.05) is 12.1 Å². The van der Waals surface area contributed by atoms with Crippen molar-refractivity contribution in [1.82, 2.24) is 10.7 Å². The molecule has 0 heterocycles. The van der Waals surface area contributed by atoms with Gasteiger partial charge < -0.3 is 10.1 Å². The Morgan fingerprint density at radius 2 is 1.76 bits per heavy atom. The summed E-state index contributed by atoms with van der Waals surface area (Å²) in [5, 5.41) is 3.51. The highest BCUT2D eigenvalue weighted by Crippen LogP contribution is 2.11. The van der Waals surface area contributed by atoms with E-state index in [4.69, 9.17) is 17.0 Å². The molecule has 0 aliphatic rings. The first-order valence-electron chi connectivity index (χ1n) is 6.36. The molecule has 0 unspecified atom stereocenters. The van der Waals surface area contributed by atoms with Gasteiger partial charge in [0.1, 0.15) is 11.6 Å². The van der Waals surface area contributed by atoms with E-state index in [1.165, 1.54) is 12.1 Å². The molecular formula is C15H16FN3OS. The monoisotopic (exact) mass is 305 g/mol. The van der Waals surface area contributed by atoms with Crippen molar-refractivity contribution >= 4 is 23.0 Å². The molecule has 0 aromatic heterocycles. The maximum absolute atomic E-state index is 12.8. The van der Waals surface area contributed by atoms with Crippen molar-refractivity contribution in [2.24, 2.45) is 0 Å². The number of hydrazine groups is 1. The zero-order valence-corrected chi connectivity index (χ0v) is 12.3. The molecule has 6 heteroatoms. The fraction of sp³-hybridized carbons (Fsp3) is 0.133.